The van der Waals surface area contributed by atoms with Crippen molar-refractivity contribution in [3.05, 3.63) is 173 Å². The number of rotatable bonds is 3. The second kappa shape index (κ2) is 12.2. The van der Waals surface area contributed by atoms with Gasteiger partial charge in [0.1, 0.15) is 17.5 Å². The van der Waals surface area contributed by atoms with Gasteiger partial charge in [-0.3, -0.25) is 0 Å². The van der Waals surface area contributed by atoms with Crippen molar-refractivity contribution in [2.24, 2.45) is 0 Å². The first-order valence-corrected chi connectivity index (χ1v) is 20.6. The molecule has 2 atom stereocenters. The van der Waals surface area contributed by atoms with E-state index in [4.69, 9.17) is 8.85 Å². The molecule has 0 amide bonds. The van der Waals surface area contributed by atoms with Gasteiger partial charge in [0, 0.05) is 56.4 Å². The Morgan fingerprint density at radius 1 is 0.600 bits per heavy atom. The molecule has 0 fully saturated rings. The maximum Gasteiger partial charge on any atom is 0.432 e. The van der Waals surface area contributed by atoms with Crippen molar-refractivity contribution in [1.82, 2.24) is 0 Å². The Balaban J connectivity index is 1.37. The largest absolute Gasteiger partial charge is 0.432 e. The molecule has 6 aromatic carbocycles. The molecule has 2 unspecified atom stereocenters. The van der Waals surface area contributed by atoms with Crippen molar-refractivity contribution in [3.63, 3.8) is 0 Å². The first-order valence-electron chi connectivity index (χ1n) is 26.6. The van der Waals surface area contributed by atoms with Crippen molar-refractivity contribution in [2.75, 3.05) is 9.80 Å². The predicted octanol–water partition coefficient (Wildman–Crippen LogP) is 13.9. The lowest BCUT2D eigenvalue weighted by atomic mass is 9.77. The normalized spacial score (nSPS) is 21.9. The lowest BCUT2D eigenvalue weighted by Crippen LogP contribution is -2.71. The fourth-order valence-corrected chi connectivity index (χ4v) is 10.00. The molecule has 0 saturated carbocycles. The van der Waals surface area contributed by atoms with Crippen LogP contribution < -0.4 is 19.1 Å². The summed E-state index contributed by atoms with van der Waals surface area (Å²) < 4.78 is 119. The summed E-state index contributed by atoms with van der Waals surface area (Å²) in [5.74, 6) is -2.03. The van der Waals surface area contributed by atoms with Crippen LogP contribution >= 0.6 is 0 Å². The summed E-state index contributed by atoms with van der Waals surface area (Å²) in [5, 5.41) is 0. The van der Waals surface area contributed by atoms with Crippen molar-refractivity contribution in [2.45, 2.75) is 97.2 Å². The first-order chi connectivity index (χ1) is 33.6. The molecule has 1 spiro atoms. The summed E-state index contributed by atoms with van der Waals surface area (Å²) in [6, 6.07) is 43.4. The SMILES string of the molecule is [2H]C([2H])([2H])C(C)(C)c1cc2c(c(C(C([2H])([2H])[2H])(C([2H])([2H])[2H])C([2H])([2H])[2H])c1)OC13c4c(cc(C(C)(C)C)cc4-c4cc(-c5ccccc5)cc[n+]41)-c1cccc4c1N3C2N4c1ccc(C)cc1-c1ccccc1. The van der Waals surface area contributed by atoms with Gasteiger partial charge in [0.25, 0.3) is 0 Å². The van der Waals surface area contributed by atoms with Crippen LogP contribution in [0.4, 0.5) is 17.1 Å². The van der Waals surface area contributed by atoms with Crippen LogP contribution in [-0.2, 0) is 22.1 Å². The van der Waals surface area contributed by atoms with Gasteiger partial charge in [-0.05, 0) is 87.4 Å². The molecule has 0 radical (unpaired) electrons. The minimum absolute atomic E-state index is 0.0288. The number of fused-ring (bicyclic) bond motifs is 5. The van der Waals surface area contributed by atoms with Crippen LogP contribution in [0.1, 0.15) is 118 Å². The third kappa shape index (κ3) is 5.06. The molecule has 5 heterocycles. The van der Waals surface area contributed by atoms with Crippen LogP contribution in [0.15, 0.2) is 140 Å². The number of benzene rings is 6. The molecule has 4 heteroatoms. The van der Waals surface area contributed by atoms with Crippen LogP contribution in [0.3, 0.4) is 0 Å². The third-order valence-electron chi connectivity index (χ3n) is 12.9. The topological polar surface area (TPSA) is 19.6 Å². The van der Waals surface area contributed by atoms with E-state index >= 15 is 0 Å². The van der Waals surface area contributed by atoms with Crippen molar-refractivity contribution < 1.29 is 25.8 Å². The lowest BCUT2D eigenvalue weighted by Gasteiger charge is -2.49. The summed E-state index contributed by atoms with van der Waals surface area (Å²) >= 11 is 0. The Morgan fingerprint density at radius 3 is 2.02 bits per heavy atom. The van der Waals surface area contributed by atoms with E-state index in [2.05, 4.69) is 60.9 Å². The standard InChI is InChI=1S/C56H54N3O/c1-34-24-25-46(41(28-34)36-20-15-12-16-21-36)58-47-23-17-22-40-42-30-38(53(2,3)4)31-43-48-29-37(35-18-13-11-14-19-35)26-27-57(48)56(49(42)43)59(50(40)47)52(58)44-32-39(54(5,6)7)33-45(51(44)60-56)55(8,9)10/h11-33,52H,1-10H3/q+1/i5D3,8D3,9D3,10D3. The Bertz CT molecular complexity index is 3350. The summed E-state index contributed by atoms with van der Waals surface area (Å²) in [6.45, 7) is -2.49. The maximum atomic E-state index is 9.17. The van der Waals surface area contributed by atoms with Gasteiger partial charge in [0.2, 0.25) is 5.69 Å². The first kappa shape index (κ1) is 26.2. The fraction of sp³-hybridized carbons (Fsp3) is 0.268. The zero-order valence-corrected chi connectivity index (χ0v) is 34.6. The second-order valence-electron chi connectivity index (χ2n) is 18.4. The molecular formula is C56H54N3O+. The summed E-state index contributed by atoms with van der Waals surface area (Å²) in [5.41, 5.74) is 5.78. The van der Waals surface area contributed by atoms with E-state index in [0.29, 0.717) is 5.56 Å². The molecule has 298 valence electrons. The number of nitrogens with zero attached hydrogens (tertiary/aromatic N) is 3. The van der Waals surface area contributed by atoms with Gasteiger partial charge in [-0.1, -0.05) is 153 Å². The number of anilines is 3. The highest BCUT2D eigenvalue weighted by atomic mass is 16.5. The molecule has 7 aromatic rings. The monoisotopic (exact) mass is 797 g/mol. The van der Waals surface area contributed by atoms with Crippen LogP contribution in [0.25, 0.3) is 44.6 Å². The van der Waals surface area contributed by atoms with Crippen molar-refractivity contribution >= 4 is 17.1 Å². The van der Waals surface area contributed by atoms with E-state index in [1.54, 1.807) is 6.07 Å². The predicted molar refractivity (Wildman–Crippen MR) is 247 cm³/mol. The maximum absolute atomic E-state index is 9.17. The van der Waals surface area contributed by atoms with Crippen molar-refractivity contribution in [3.8, 4) is 50.4 Å². The highest BCUT2D eigenvalue weighted by molar-refractivity contribution is 6.03. The molecule has 4 nitrogen and oxygen atoms in total. The minimum Gasteiger partial charge on any atom is -0.410 e. The Hall–Kier alpha value is -6.13. The minimum atomic E-state index is -3.73. The van der Waals surface area contributed by atoms with Crippen LogP contribution in [0.2, 0.25) is 0 Å². The van der Waals surface area contributed by atoms with Crippen LogP contribution in [-0.4, -0.2) is 0 Å². The summed E-state index contributed by atoms with van der Waals surface area (Å²) in [4.78, 5) is 4.31. The zero-order chi connectivity index (χ0) is 51.7. The number of hydrogen-bond acceptors (Lipinski definition) is 3. The van der Waals surface area contributed by atoms with E-state index in [0.717, 1.165) is 72.8 Å². The number of para-hydroxylation sites is 1. The van der Waals surface area contributed by atoms with E-state index in [-0.39, 0.29) is 22.3 Å². The van der Waals surface area contributed by atoms with Crippen LogP contribution in [0.5, 0.6) is 5.75 Å². The number of hydrogen-bond donors (Lipinski definition) is 0. The van der Waals surface area contributed by atoms with Crippen molar-refractivity contribution in [1.29, 1.82) is 0 Å². The number of ether oxygens (including phenoxy) is 1. The van der Waals surface area contributed by atoms with Gasteiger partial charge in [0.05, 0.1) is 22.6 Å². The molecule has 60 heavy (non-hydrogen) atoms. The van der Waals surface area contributed by atoms with E-state index in [9.17, 15) is 12.3 Å². The third-order valence-corrected chi connectivity index (χ3v) is 12.9. The number of aryl methyl sites for hydroxylation is 1. The molecule has 4 aliphatic heterocycles. The van der Waals surface area contributed by atoms with Gasteiger partial charge in [-0.15, -0.1) is 4.57 Å². The van der Waals surface area contributed by atoms with Gasteiger partial charge in [-0.25, -0.2) is 4.90 Å². The van der Waals surface area contributed by atoms with Gasteiger partial charge in [0.15, 0.2) is 6.20 Å². The molecule has 0 aliphatic carbocycles. The van der Waals surface area contributed by atoms with Gasteiger partial charge < -0.3 is 9.64 Å². The van der Waals surface area contributed by atoms with E-state index < -0.39 is 55.8 Å². The van der Waals surface area contributed by atoms with Gasteiger partial charge >= 0.3 is 5.85 Å². The molecule has 0 saturated heterocycles. The van der Waals surface area contributed by atoms with E-state index in [1.807, 2.05) is 109 Å². The zero-order valence-electron chi connectivity index (χ0n) is 46.6. The molecule has 0 N–H and O–H groups in total. The molecular weight excluding hydrogens is 731 g/mol. The Morgan fingerprint density at radius 2 is 1.30 bits per heavy atom. The van der Waals surface area contributed by atoms with Gasteiger partial charge in [-0.2, -0.15) is 0 Å². The highest BCUT2D eigenvalue weighted by Crippen LogP contribution is 2.68. The Labute approximate surface area is 372 Å². The molecule has 0 bridgehead atoms. The number of pyridine rings is 1. The smallest absolute Gasteiger partial charge is 0.410 e. The average Bonchev–Trinajstić information content (AvgIpc) is 3.79. The lowest BCUT2D eigenvalue weighted by molar-refractivity contribution is -0.774. The summed E-state index contributed by atoms with van der Waals surface area (Å²) in [6.07, 6.45) is 0.896. The average molecular weight is 797 g/mol. The number of aromatic nitrogens is 1. The molecule has 11 rings (SSSR count). The Kier molecular flexibility index (Phi) is 5.33. The molecule has 4 aliphatic rings. The molecule has 1 aromatic heterocycles. The fourth-order valence-electron chi connectivity index (χ4n) is 10.00. The highest BCUT2D eigenvalue weighted by Gasteiger charge is 2.70. The van der Waals surface area contributed by atoms with E-state index in [1.165, 1.54) is 19.9 Å². The van der Waals surface area contributed by atoms with Crippen LogP contribution in [0, 0.1) is 6.92 Å². The summed E-state index contributed by atoms with van der Waals surface area (Å²) in [7, 11) is 0. The second-order valence-corrected chi connectivity index (χ2v) is 18.4. The quantitative estimate of drug-likeness (QED) is 0.166.